The molecule has 1 aromatic heterocycles. The van der Waals surface area contributed by atoms with Crippen molar-refractivity contribution in [1.29, 1.82) is 0 Å². The van der Waals surface area contributed by atoms with E-state index in [1.165, 1.54) is 12.4 Å². The highest BCUT2D eigenvalue weighted by Crippen LogP contribution is 2.17. The summed E-state index contributed by atoms with van der Waals surface area (Å²) in [5.41, 5.74) is 1.71. The van der Waals surface area contributed by atoms with Gasteiger partial charge in [0.2, 0.25) is 0 Å². The van der Waals surface area contributed by atoms with Crippen molar-refractivity contribution in [3.05, 3.63) is 59.9 Å². The van der Waals surface area contributed by atoms with Gasteiger partial charge in [0.25, 0.3) is 11.8 Å². The number of amides is 2. The zero-order valence-corrected chi connectivity index (χ0v) is 15.8. The van der Waals surface area contributed by atoms with Crippen molar-refractivity contribution in [1.82, 2.24) is 9.88 Å². The minimum Gasteiger partial charge on any atom is -0.339 e. The molecule has 0 spiro atoms. The van der Waals surface area contributed by atoms with Crippen LogP contribution in [0.1, 0.15) is 54.3 Å². The third-order valence-electron chi connectivity index (χ3n) is 4.14. The van der Waals surface area contributed by atoms with Gasteiger partial charge in [-0.15, -0.1) is 0 Å². The number of anilines is 1. The highest BCUT2D eigenvalue weighted by atomic mass is 16.2. The Labute approximate surface area is 155 Å². The Balaban J connectivity index is 2.27. The molecule has 0 aliphatic rings. The predicted molar refractivity (Wildman–Crippen MR) is 105 cm³/mol. The van der Waals surface area contributed by atoms with Crippen LogP contribution in [0.2, 0.25) is 0 Å². The van der Waals surface area contributed by atoms with Crippen molar-refractivity contribution < 1.29 is 9.59 Å². The van der Waals surface area contributed by atoms with Gasteiger partial charge in [-0.25, -0.2) is 0 Å². The summed E-state index contributed by atoms with van der Waals surface area (Å²) in [7, 11) is 0. The van der Waals surface area contributed by atoms with Crippen molar-refractivity contribution in [3.63, 3.8) is 0 Å². The van der Waals surface area contributed by atoms with Crippen LogP contribution in [0.4, 0.5) is 5.69 Å². The van der Waals surface area contributed by atoms with Gasteiger partial charge in [0.15, 0.2) is 0 Å². The molecule has 0 saturated carbocycles. The lowest BCUT2D eigenvalue weighted by molar-refractivity contribution is 0.0755. The van der Waals surface area contributed by atoms with E-state index in [4.69, 9.17) is 0 Å². The molecule has 1 aromatic carbocycles. The third kappa shape index (κ3) is 4.69. The average Bonchev–Trinajstić information content (AvgIpc) is 2.68. The Bertz CT molecular complexity index is 725. The van der Waals surface area contributed by atoms with E-state index in [9.17, 15) is 9.59 Å². The first-order valence-electron chi connectivity index (χ1n) is 9.23. The lowest BCUT2D eigenvalue weighted by Gasteiger charge is -2.23. The molecular formula is C21H27N3O2. The lowest BCUT2D eigenvalue weighted by atomic mass is 10.1. The predicted octanol–water partition coefficient (Wildman–Crippen LogP) is 4.01. The molecule has 0 fully saturated rings. The minimum atomic E-state index is -0.154. The Hall–Kier alpha value is -2.69. The summed E-state index contributed by atoms with van der Waals surface area (Å²) in [5, 5.41) is 0. The minimum absolute atomic E-state index is 0.0707. The molecule has 2 rings (SSSR count). The van der Waals surface area contributed by atoms with E-state index in [-0.39, 0.29) is 11.8 Å². The SMILES string of the molecule is CCCN(CCC)C(=O)c1cncc(C(=O)N(CC)c2ccccc2)c1. The summed E-state index contributed by atoms with van der Waals surface area (Å²) in [6.07, 6.45) is 4.86. The second-order valence-corrected chi connectivity index (χ2v) is 6.14. The maximum absolute atomic E-state index is 12.9. The first-order valence-corrected chi connectivity index (χ1v) is 9.23. The number of hydrogen-bond donors (Lipinski definition) is 0. The first-order chi connectivity index (χ1) is 12.6. The second-order valence-electron chi connectivity index (χ2n) is 6.14. The fraction of sp³-hybridized carbons (Fsp3) is 0.381. The van der Waals surface area contributed by atoms with E-state index in [0.29, 0.717) is 30.8 Å². The van der Waals surface area contributed by atoms with Gasteiger partial charge in [-0.1, -0.05) is 32.0 Å². The topological polar surface area (TPSA) is 53.5 Å². The Kier molecular flexibility index (Phi) is 7.33. The van der Waals surface area contributed by atoms with Crippen LogP contribution in [0, 0.1) is 0 Å². The second kappa shape index (κ2) is 9.70. The highest BCUT2D eigenvalue weighted by Gasteiger charge is 2.20. The van der Waals surface area contributed by atoms with Gasteiger partial charge in [-0.05, 0) is 38.0 Å². The van der Waals surface area contributed by atoms with Crippen LogP contribution in [-0.4, -0.2) is 41.3 Å². The van der Waals surface area contributed by atoms with Crippen molar-refractivity contribution in [2.45, 2.75) is 33.6 Å². The number of carbonyl (C=O) groups is 2. The van der Waals surface area contributed by atoms with Crippen molar-refractivity contribution in [2.75, 3.05) is 24.5 Å². The number of aromatic nitrogens is 1. The maximum Gasteiger partial charge on any atom is 0.259 e. The summed E-state index contributed by atoms with van der Waals surface area (Å²) < 4.78 is 0. The zero-order chi connectivity index (χ0) is 18.9. The van der Waals surface area contributed by atoms with E-state index < -0.39 is 0 Å². The molecule has 1 heterocycles. The number of para-hydroxylation sites is 1. The van der Waals surface area contributed by atoms with Crippen molar-refractivity contribution >= 4 is 17.5 Å². The van der Waals surface area contributed by atoms with Crippen LogP contribution in [0.25, 0.3) is 0 Å². The molecular weight excluding hydrogens is 326 g/mol. The summed E-state index contributed by atoms with van der Waals surface area (Å²) in [6.45, 7) is 7.97. The Morgan fingerprint density at radius 3 is 2.00 bits per heavy atom. The summed E-state index contributed by atoms with van der Waals surface area (Å²) in [4.78, 5) is 33.3. The maximum atomic E-state index is 12.9. The fourth-order valence-corrected chi connectivity index (χ4v) is 2.92. The number of pyridine rings is 1. The third-order valence-corrected chi connectivity index (χ3v) is 4.14. The molecule has 0 aliphatic carbocycles. The van der Waals surface area contributed by atoms with Crippen molar-refractivity contribution in [2.24, 2.45) is 0 Å². The van der Waals surface area contributed by atoms with Gasteiger partial charge in [0.05, 0.1) is 11.1 Å². The van der Waals surface area contributed by atoms with Crippen LogP contribution in [0.15, 0.2) is 48.8 Å². The number of carbonyl (C=O) groups excluding carboxylic acids is 2. The molecule has 0 radical (unpaired) electrons. The molecule has 0 saturated heterocycles. The summed E-state index contributed by atoms with van der Waals surface area (Å²) in [5.74, 6) is -0.225. The monoisotopic (exact) mass is 353 g/mol. The van der Waals surface area contributed by atoms with Gasteiger partial charge >= 0.3 is 0 Å². The normalized spacial score (nSPS) is 10.4. The smallest absolute Gasteiger partial charge is 0.259 e. The standard InChI is InChI=1S/C21H27N3O2/c1-4-12-23(13-5-2)20(25)17-14-18(16-22-15-17)21(26)24(6-3)19-10-8-7-9-11-19/h7-11,14-16H,4-6,12-13H2,1-3H3. The molecule has 0 atom stereocenters. The molecule has 0 bridgehead atoms. The zero-order valence-electron chi connectivity index (χ0n) is 15.8. The highest BCUT2D eigenvalue weighted by molar-refractivity contribution is 6.07. The van der Waals surface area contributed by atoms with Gasteiger partial charge in [-0.3, -0.25) is 14.6 Å². The number of rotatable bonds is 8. The first kappa shape index (κ1) is 19.6. The van der Waals surface area contributed by atoms with Crippen LogP contribution in [0.3, 0.4) is 0 Å². The van der Waals surface area contributed by atoms with Crippen molar-refractivity contribution in [3.8, 4) is 0 Å². The molecule has 138 valence electrons. The molecule has 26 heavy (non-hydrogen) atoms. The number of benzene rings is 1. The van der Waals surface area contributed by atoms with E-state index in [1.807, 2.05) is 56.0 Å². The largest absolute Gasteiger partial charge is 0.339 e. The molecule has 0 N–H and O–H groups in total. The lowest BCUT2D eigenvalue weighted by Crippen LogP contribution is -2.33. The van der Waals surface area contributed by atoms with E-state index in [0.717, 1.165) is 18.5 Å². The Morgan fingerprint density at radius 2 is 1.46 bits per heavy atom. The summed E-state index contributed by atoms with van der Waals surface area (Å²) >= 11 is 0. The fourth-order valence-electron chi connectivity index (χ4n) is 2.92. The van der Waals surface area contributed by atoms with Crippen LogP contribution < -0.4 is 4.90 Å². The van der Waals surface area contributed by atoms with E-state index in [2.05, 4.69) is 4.98 Å². The van der Waals surface area contributed by atoms with E-state index >= 15 is 0 Å². The van der Waals surface area contributed by atoms with Gasteiger partial charge < -0.3 is 9.80 Å². The van der Waals surface area contributed by atoms with Gasteiger partial charge in [0, 0.05) is 37.7 Å². The molecule has 0 unspecified atom stereocenters. The van der Waals surface area contributed by atoms with Crippen LogP contribution >= 0.6 is 0 Å². The average molecular weight is 353 g/mol. The number of hydrogen-bond acceptors (Lipinski definition) is 3. The van der Waals surface area contributed by atoms with E-state index in [1.54, 1.807) is 11.0 Å². The molecule has 5 nitrogen and oxygen atoms in total. The van der Waals surface area contributed by atoms with Gasteiger partial charge in [-0.2, -0.15) is 0 Å². The molecule has 0 aliphatic heterocycles. The number of nitrogens with zero attached hydrogens (tertiary/aromatic N) is 3. The molecule has 2 aromatic rings. The Morgan fingerprint density at radius 1 is 0.885 bits per heavy atom. The van der Waals surface area contributed by atoms with Crippen LogP contribution in [-0.2, 0) is 0 Å². The molecule has 5 heteroatoms. The van der Waals surface area contributed by atoms with Gasteiger partial charge in [0.1, 0.15) is 0 Å². The molecule has 2 amide bonds. The summed E-state index contributed by atoms with van der Waals surface area (Å²) in [6, 6.07) is 11.2. The van der Waals surface area contributed by atoms with Crippen LogP contribution in [0.5, 0.6) is 0 Å². The quantitative estimate of drug-likeness (QED) is 0.720.